The van der Waals surface area contributed by atoms with Gasteiger partial charge in [-0.3, -0.25) is 4.72 Å². The predicted molar refractivity (Wildman–Crippen MR) is 76.3 cm³/mol. The summed E-state index contributed by atoms with van der Waals surface area (Å²) >= 11 is 11.5. The van der Waals surface area contributed by atoms with Crippen LogP contribution in [-0.2, 0) is 10.0 Å². The van der Waals surface area contributed by atoms with Gasteiger partial charge in [0.05, 0.1) is 4.90 Å². The highest BCUT2D eigenvalue weighted by molar-refractivity contribution is 7.92. The smallest absolute Gasteiger partial charge is 0.358 e. The Hall–Kier alpha value is -1.90. The van der Waals surface area contributed by atoms with E-state index in [2.05, 4.69) is 9.97 Å². The van der Waals surface area contributed by atoms with Gasteiger partial charge in [0.1, 0.15) is 0 Å². The van der Waals surface area contributed by atoms with Crippen LogP contribution < -0.4 is 4.72 Å². The number of rotatable bonds is 4. The molecule has 2 aromatic rings. The summed E-state index contributed by atoms with van der Waals surface area (Å²) in [6.07, 6.45) is 2.30. The molecule has 0 radical (unpaired) electrons. The molecule has 0 saturated carbocycles. The number of carbonyl (C=O) groups is 1. The maximum absolute atomic E-state index is 12.2. The molecule has 2 rings (SSSR count). The first kappa shape index (κ1) is 15.5. The highest BCUT2D eigenvalue weighted by Gasteiger charge is 2.21. The van der Waals surface area contributed by atoms with Crippen LogP contribution in [0.5, 0.6) is 0 Å². The number of benzene rings is 1. The molecule has 0 amide bonds. The Kier molecular flexibility index (Phi) is 4.31. The third-order valence-electron chi connectivity index (χ3n) is 2.28. The normalized spacial score (nSPS) is 11.1. The van der Waals surface area contributed by atoms with Crippen molar-refractivity contribution >= 4 is 45.0 Å². The van der Waals surface area contributed by atoms with E-state index >= 15 is 0 Å². The zero-order valence-electron chi connectivity index (χ0n) is 10.1. The number of nitrogens with one attached hydrogen (secondary N) is 1. The standard InChI is InChI=1S/C11H7Cl2N3O4S/c12-6-3-7(13)5-8(4-6)21(19,20)16-10-9(11(17)18)14-1-2-15-10/h1-5H,(H,15,16)(H,17,18). The van der Waals surface area contributed by atoms with Crippen LogP contribution >= 0.6 is 23.2 Å². The molecular weight excluding hydrogens is 341 g/mol. The first-order valence-electron chi connectivity index (χ1n) is 5.33. The van der Waals surface area contributed by atoms with Gasteiger partial charge >= 0.3 is 5.97 Å². The Bertz CT molecular complexity index is 791. The molecule has 2 N–H and O–H groups in total. The number of aromatic nitrogens is 2. The van der Waals surface area contributed by atoms with E-state index in [4.69, 9.17) is 28.3 Å². The monoisotopic (exact) mass is 347 g/mol. The molecule has 1 heterocycles. The van der Waals surface area contributed by atoms with Crippen LogP contribution in [0.3, 0.4) is 0 Å². The van der Waals surface area contributed by atoms with Gasteiger partial charge in [0.25, 0.3) is 10.0 Å². The van der Waals surface area contributed by atoms with Gasteiger partial charge in [-0.25, -0.2) is 23.2 Å². The minimum absolute atomic E-state index is 0.125. The first-order chi connectivity index (χ1) is 9.79. The summed E-state index contributed by atoms with van der Waals surface area (Å²) in [5, 5.41) is 9.19. The van der Waals surface area contributed by atoms with Crippen LogP contribution in [0.2, 0.25) is 10.0 Å². The fourth-order valence-electron chi connectivity index (χ4n) is 1.44. The van der Waals surface area contributed by atoms with Gasteiger partial charge in [-0.05, 0) is 18.2 Å². The van der Waals surface area contributed by atoms with E-state index in [0.29, 0.717) is 0 Å². The number of carboxylic acid groups (broad SMARTS) is 1. The summed E-state index contributed by atoms with van der Waals surface area (Å²) in [4.78, 5) is 18.0. The maximum atomic E-state index is 12.2. The number of hydrogen-bond donors (Lipinski definition) is 2. The number of carboxylic acids is 1. The van der Waals surface area contributed by atoms with Crippen LogP contribution in [0.1, 0.15) is 10.5 Å². The fourth-order valence-corrected chi connectivity index (χ4v) is 3.18. The van der Waals surface area contributed by atoms with Crippen molar-refractivity contribution in [3.63, 3.8) is 0 Å². The SMILES string of the molecule is O=C(O)c1nccnc1NS(=O)(=O)c1cc(Cl)cc(Cl)c1. The lowest BCUT2D eigenvalue weighted by molar-refractivity contribution is 0.0691. The number of hydrogen-bond acceptors (Lipinski definition) is 5. The lowest BCUT2D eigenvalue weighted by atomic mass is 10.4. The molecule has 1 aromatic heterocycles. The number of sulfonamides is 1. The van der Waals surface area contributed by atoms with Crippen molar-refractivity contribution in [2.24, 2.45) is 0 Å². The minimum Gasteiger partial charge on any atom is -0.476 e. The molecule has 10 heteroatoms. The molecule has 0 atom stereocenters. The molecular formula is C11H7Cl2N3O4S. The molecule has 7 nitrogen and oxygen atoms in total. The average molecular weight is 348 g/mol. The third kappa shape index (κ3) is 3.60. The summed E-state index contributed by atoms with van der Waals surface area (Å²) in [6, 6.07) is 3.71. The van der Waals surface area contributed by atoms with Gasteiger partial charge in [-0.15, -0.1) is 0 Å². The summed E-state index contributed by atoms with van der Waals surface area (Å²) < 4.78 is 26.4. The molecule has 0 saturated heterocycles. The van der Waals surface area contributed by atoms with Crippen LogP contribution in [0.4, 0.5) is 5.82 Å². The van der Waals surface area contributed by atoms with Crippen LogP contribution in [0.15, 0.2) is 35.5 Å². The van der Waals surface area contributed by atoms with Gasteiger partial charge in [0.15, 0.2) is 11.5 Å². The van der Waals surface area contributed by atoms with Crippen molar-refractivity contribution in [2.75, 3.05) is 4.72 Å². The van der Waals surface area contributed by atoms with Crippen LogP contribution in [0.25, 0.3) is 0 Å². The zero-order valence-corrected chi connectivity index (χ0v) is 12.4. The molecule has 0 spiro atoms. The molecule has 1 aromatic carbocycles. The van der Waals surface area contributed by atoms with Gasteiger partial charge in [0.2, 0.25) is 0 Å². The van der Waals surface area contributed by atoms with Gasteiger partial charge in [-0.2, -0.15) is 0 Å². The fraction of sp³-hybridized carbons (Fsp3) is 0. The molecule has 0 unspecified atom stereocenters. The highest BCUT2D eigenvalue weighted by Crippen LogP contribution is 2.24. The molecule has 0 aliphatic carbocycles. The van der Waals surface area contributed by atoms with E-state index in [9.17, 15) is 13.2 Å². The predicted octanol–water partition coefficient (Wildman–Crippen LogP) is 2.28. The second-order valence-electron chi connectivity index (χ2n) is 3.77. The second kappa shape index (κ2) is 5.84. The zero-order chi connectivity index (χ0) is 15.6. The van der Waals surface area contributed by atoms with Crippen molar-refractivity contribution in [2.45, 2.75) is 4.90 Å². The minimum atomic E-state index is -4.10. The number of anilines is 1. The van der Waals surface area contributed by atoms with Crippen molar-refractivity contribution in [1.29, 1.82) is 0 Å². The molecule has 110 valence electrons. The Labute approximate surface area is 129 Å². The summed E-state index contributed by atoms with van der Waals surface area (Å²) in [5.74, 6) is -1.81. The average Bonchev–Trinajstić information content (AvgIpc) is 2.37. The molecule has 0 bridgehead atoms. The second-order valence-corrected chi connectivity index (χ2v) is 6.32. The Morgan fingerprint density at radius 1 is 1.10 bits per heavy atom. The van der Waals surface area contributed by atoms with Crippen molar-refractivity contribution in [1.82, 2.24) is 9.97 Å². The lowest BCUT2D eigenvalue weighted by Crippen LogP contribution is -2.17. The highest BCUT2D eigenvalue weighted by atomic mass is 35.5. The summed E-state index contributed by atoms with van der Waals surface area (Å²) in [7, 11) is -4.10. The van der Waals surface area contributed by atoms with Crippen molar-refractivity contribution < 1.29 is 18.3 Å². The van der Waals surface area contributed by atoms with E-state index in [1.54, 1.807) is 0 Å². The summed E-state index contributed by atoms with van der Waals surface area (Å²) in [5.41, 5.74) is -0.519. The number of halogens is 2. The van der Waals surface area contributed by atoms with E-state index in [-0.39, 0.29) is 14.9 Å². The van der Waals surface area contributed by atoms with Crippen molar-refractivity contribution in [3.05, 3.63) is 46.3 Å². The largest absolute Gasteiger partial charge is 0.476 e. The van der Waals surface area contributed by atoms with Crippen molar-refractivity contribution in [3.8, 4) is 0 Å². The van der Waals surface area contributed by atoms with Gasteiger partial charge in [-0.1, -0.05) is 23.2 Å². The van der Waals surface area contributed by atoms with Crippen LogP contribution in [-0.4, -0.2) is 29.5 Å². The van der Waals surface area contributed by atoms with Gasteiger partial charge < -0.3 is 5.11 Å². The third-order valence-corrected chi connectivity index (χ3v) is 4.03. The molecule has 0 fully saturated rings. The first-order valence-corrected chi connectivity index (χ1v) is 7.57. The Morgan fingerprint density at radius 2 is 1.67 bits per heavy atom. The lowest BCUT2D eigenvalue weighted by Gasteiger charge is -2.09. The maximum Gasteiger partial charge on any atom is 0.358 e. The number of aromatic carboxylic acids is 1. The van der Waals surface area contributed by atoms with Crippen LogP contribution in [0, 0.1) is 0 Å². The molecule has 21 heavy (non-hydrogen) atoms. The Morgan fingerprint density at radius 3 is 2.24 bits per heavy atom. The quantitative estimate of drug-likeness (QED) is 0.877. The molecule has 0 aliphatic heterocycles. The van der Waals surface area contributed by atoms with E-state index in [1.165, 1.54) is 18.2 Å². The summed E-state index contributed by atoms with van der Waals surface area (Å²) in [6.45, 7) is 0. The molecule has 0 aliphatic rings. The van der Waals surface area contributed by atoms with E-state index in [1.807, 2.05) is 4.72 Å². The Balaban J connectivity index is 2.45. The van der Waals surface area contributed by atoms with Gasteiger partial charge in [0, 0.05) is 22.4 Å². The topological polar surface area (TPSA) is 109 Å². The van der Waals surface area contributed by atoms with E-state index < -0.39 is 27.5 Å². The number of nitrogens with zero attached hydrogens (tertiary/aromatic N) is 2. The van der Waals surface area contributed by atoms with E-state index in [0.717, 1.165) is 12.4 Å².